The molecule has 0 amide bonds. The molecule has 25 heavy (non-hydrogen) atoms. The van der Waals surface area contributed by atoms with Crippen molar-refractivity contribution < 1.29 is 17.7 Å². The van der Waals surface area contributed by atoms with E-state index in [-0.39, 0.29) is 27.2 Å². The Hall–Kier alpha value is -3.27. The summed E-state index contributed by atoms with van der Waals surface area (Å²) in [6, 6.07) is 8.53. The van der Waals surface area contributed by atoms with Crippen LogP contribution in [0.1, 0.15) is 0 Å². The number of nitrogen functional groups attached to an aromatic ring is 1. The third-order valence-electron chi connectivity index (χ3n) is 3.45. The third-order valence-corrected chi connectivity index (χ3v) is 4.89. The number of anilines is 2. The van der Waals surface area contributed by atoms with Crippen molar-refractivity contribution in [3.05, 3.63) is 64.6 Å². The van der Waals surface area contributed by atoms with Gasteiger partial charge in [-0.3, -0.25) is 19.8 Å². The summed E-state index contributed by atoms with van der Waals surface area (Å²) in [5.41, 5.74) is 4.84. The molecule has 0 radical (unpaired) electrons. The molecule has 0 aliphatic heterocycles. The molecule has 8 nitrogen and oxygen atoms in total. The number of nitrogens with zero attached hydrogens (tertiary/aromatic N) is 2. The molecule has 128 valence electrons. The van der Waals surface area contributed by atoms with Gasteiger partial charge in [0.05, 0.1) is 15.5 Å². The van der Waals surface area contributed by atoms with E-state index in [0.29, 0.717) is 0 Å². The smallest absolute Gasteiger partial charge is 0.294 e. The number of hydrogen-bond donors (Lipinski definition) is 2. The van der Waals surface area contributed by atoms with Crippen molar-refractivity contribution in [2.24, 2.45) is 0 Å². The average molecular weight is 362 g/mol. The number of nitro groups is 1. The number of halogens is 1. The van der Waals surface area contributed by atoms with Crippen LogP contribution in [0.4, 0.5) is 21.5 Å². The van der Waals surface area contributed by atoms with Crippen molar-refractivity contribution in [2.45, 2.75) is 4.90 Å². The lowest BCUT2D eigenvalue weighted by molar-refractivity contribution is -0.383. The molecule has 0 atom stereocenters. The van der Waals surface area contributed by atoms with Crippen LogP contribution >= 0.6 is 0 Å². The van der Waals surface area contributed by atoms with Gasteiger partial charge in [0.25, 0.3) is 15.7 Å². The molecule has 3 rings (SSSR count). The summed E-state index contributed by atoms with van der Waals surface area (Å²) in [7, 11) is -4.13. The monoisotopic (exact) mass is 362 g/mol. The third kappa shape index (κ3) is 3.06. The number of hydrogen-bond acceptors (Lipinski definition) is 6. The largest absolute Gasteiger partial charge is 0.393 e. The first kappa shape index (κ1) is 16.6. The first-order valence-corrected chi connectivity index (χ1v) is 8.38. The molecule has 0 fully saturated rings. The molecule has 0 unspecified atom stereocenters. The normalized spacial score (nSPS) is 11.4. The van der Waals surface area contributed by atoms with E-state index in [1.807, 2.05) is 0 Å². The molecule has 0 aliphatic carbocycles. The van der Waals surface area contributed by atoms with Gasteiger partial charge in [0.1, 0.15) is 17.0 Å². The van der Waals surface area contributed by atoms with E-state index in [1.54, 1.807) is 0 Å². The van der Waals surface area contributed by atoms with E-state index in [4.69, 9.17) is 5.73 Å². The highest BCUT2D eigenvalue weighted by atomic mass is 32.2. The Kier molecular flexibility index (Phi) is 3.97. The van der Waals surface area contributed by atoms with Crippen LogP contribution in [0.5, 0.6) is 0 Å². The highest BCUT2D eigenvalue weighted by Gasteiger charge is 2.21. The molecule has 2 aromatic carbocycles. The molecular weight excluding hydrogens is 351 g/mol. The lowest BCUT2D eigenvalue weighted by Gasteiger charge is -2.11. The summed E-state index contributed by atoms with van der Waals surface area (Å²) in [6.07, 6.45) is 1.35. The van der Waals surface area contributed by atoms with Crippen LogP contribution in [-0.4, -0.2) is 18.3 Å². The molecule has 3 N–H and O–H groups in total. The quantitative estimate of drug-likeness (QED) is 0.417. The maximum absolute atomic E-state index is 13.8. The molecular formula is C15H11FN4O4S. The van der Waals surface area contributed by atoms with Crippen molar-refractivity contribution >= 4 is 38.0 Å². The molecule has 0 bridgehead atoms. The van der Waals surface area contributed by atoms with Gasteiger partial charge in [-0.15, -0.1) is 0 Å². The van der Waals surface area contributed by atoms with E-state index in [0.717, 1.165) is 18.2 Å². The van der Waals surface area contributed by atoms with Crippen LogP contribution in [0.3, 0.4) is 0 Å². The fraction of sp³-hybridized carbons (Fsp3) is 0. The Morgan fingerprint density at radius 3 is 2.68 bits per heavy atom. The number of rotatable bonds is 4. The Labute approximate surface area is 141 Å². The van der Waals surface area contributed by atoms with Crippen LogP contribution in [0.25, 0.3) is 10.9 Å². The average Bonchev–Trinajstić information content (AvgIpc) is 2.56. The number of benzene rings is 2. The standard InChI is InChI=1S/C15H11FN4O4S/c16-11-4-6-14(10-2-1-7-18-15(10)11)25(23,24)19-9-3-5-12(17)13(8-9)20(21)22/h1-8,19H,17H2. The lowest BCUT2D eigenvalue weighted by atomic mass is 10.2. The van der Waals surface area contributed by atoms with Crippen LogP contribution < -0.4 is 10.5 Å². The Bertz CT molecular complexity index is 1100. The number of nitrogens with one attached hydrogen (secondary N) is 1. The van der Waals surface area contributed by atoms with Gasteiger partial charge in [-0.05, 0) is 36.4 Å². The highest BCUT2D eigenvalue weighted by molar-refractivity contribution is 7.93. The van der Waals surface area contributed by atoms with E-state index in [1.165, 1.54) is 30.5 Å². The first-order valence-electron chi connectivity index (χ1n) is 6.89. The highest BCUT2D eigenvalue weighted by Crippen LogP contribution is 2.29. The molecule has 10 heteroatoms. The molecule has 1 aromatic heterocycles. The minimum absolute atomic E-state index is 0.0396. The maximum atomic E-state index is 13.8. The fourth-order valence-corrected chi connectivity index (χ4v) is 3.57. The summed E-state index contributed by atoms with van der Waals surface area (Å²) in [4.78, 5) is 13.8. The number of pyridine rings is 1. The number of nitrogens with two attached hydrogens (primary N) is 1. The SMILES string of the molecule is Nc1ccc(NS(=O)(=O)c2ccc(F)c3ncccc23)cc1[N+](=O)[O-]. The Balaban J connectivity index is 2.08. The van der Waals surface area contributed by atoms with Crippen molar-refractivity contribution in [1.29, 1.82) is 0 Å². The second kappa shape index (κ2) is 5.98. The molecule has 0 saturated heterocycles. The number of fused-ring (bicyclic) bond motifs is 1. The fourth-order valence-electron chi connectivity index (χ4n) is 2.32. The van der Waals surface area contributed by atoms with Crippen LogP contribution in [-0.2, 0) is 10.0 Å². The van der Waals surface area contributed by atoms with E-state index in [9.17, 15) is 22.9 Å². The zero-order valence-corrected chi connectivity index (χ0v) is 13.3. The van der Waals surface area contributed by atoms with Crippen LogP contribution in [0.2, 0.25) is 0 Å². The molecule has 1 heterocycles. The summed E-state index contributed by atoms with van der Waals surface area (Å²) < 4.78 is 41.3. The van der Waals surface area contributed by atoms with Crippen molar-refractivity contribution in [1.82, 2.24) is 4.98 Å². The van der Waals surface area contributed by atoms with Crippen molar-refractivity contribution in [3.8, 4) is 0 Å². The van der Waals surface area contributed by atoms with E-state index >= 15 is 0 Å². The second-order valence-electron chi connectivity index (χ2n) is 5.08. The summed E-state index contributed by atoms with van der Waals surface area (Å²) in [5, 5.41) is 11.0. The van der Waals surface area contributed by atoms with Crippen LogP contribution in [0, 0.1) is 15.9 Å². The van der Waals surface area contributed by atoms with Crippen molar-refractivity contribution in [2.75, 3.05) is 10.5 Å². The minimum Gasteiger partial charge on any atom is -0.393 e. The van der Waals surface area contributed by atoms with Crippen molar-refractivity contribution in [3.63, 3.8) is 0 Å². The van der Waals surface area contributed by atoms with Gasteiger partial charge in [0.15, 0.2) is 0 Å². The van der Waals surface area contributed by atoms with Gasteiger partial charge >= 0.3 is 0 Å². The molecule has 0 aliphatic rings. The second-order valence-corrected chi connectivity index (χ2v) is 6.73. The maximum Gasteiger partial charge on any atom is 0.294 e. The van der Waals surface area contributed by atoms with Gasteiger partial charge in [0, 0.05) is 17.6 Å². The van der Waals surface area contributed by atoms with E-state index in [2.05, 4.69) is 9.71 Å². The van der Waals surface area contributed by atoms with Crippen LogP contribution in [0.15, 0.2) is 53.6 Å². The summed E-state index contributed by atoms with van der Waals surface area (Å²) in [6.45, 7) is 0. The van der Waals surface area contributed by atoms with Gasteiger partial charge in [-0.25, -0.2) is 12.8 Å². The molecule has 3 aromatic rings. The zero-order chi connectivity index (χ0) is 18.2. The molecule has 0 spiro atoms. The predicted molar refractivity (Wildman–Crippen MR) is 90.0 cm³/mol. The molecule has 0 saturated carbocycles. The number of nitro benzene ring substituents is 1. The minimum atomic E-state index is -4.13. The zero-order valence-electron chi connectivity index (χ0n) is 12.5. The summed E-state index contributed by atoms with van der Waals surface area (Å²) in [5.74, 6) is -0.655. The van der Waals surface area contributed by atoms with Gasteiger partial charge in [-0.1, -0.05) is 0 Å². The van der Waals surface area contributed by atoms with Gasteiger partial charge in [0.2, 0.25) is 0 Å². The number of sulfonamides is 1. The van der Waals surface area contributed by atoms with Gasteiger partial charge < -0.3 is 5.73 Å². The first-order chi connectivity index (χ1) is 11.8. The summed E-state index contributed by atoms with van der Waals surface area (Å²) >= 11 is 0. The lowest BCUT2D eigenvalue weighted by Crippen LogP contribution is -2.14. The van der Waals surface area contributed by atoms with E-state index < -0.39 is 26.5 Å². The Morgan fingerprint density at radius 1 is 1.20 bits per heavy atom. The predicted octanol–water partition coefficient (Wildman–Crippen LogP) is 2.67. The topological polar surface area (TPSA) is 128 Å². The Morgan fingerprint density at radius 2 is 1.96 bits per heavy atom. The number of aromatic nitrogens is 1. The van der Waals surface area contributed by atoms with Gasteiger partial charge in [-0.2, -0.15) is 0 Å².